The number of benzene rings is 1. The van der Waals surface area contributed by atoms with Crippen LogP contribution in [0.1, 0.15) is 0 Å². The largest absolute Gasteiger partial charge is 0.454 e. The van der Waals surface area contributed by atoms with Gasteiger partial charge in [-0.2, -0.15) is 0 Å². The molecule has 6 heteroatoms. The molecule has 2 N–H and O–H groups in total. The highest BCUT2D eigenvalue weighted by molar-refractivity contribution is 6.33. The van der Waals surface area contributed by atoms with Crippen LogP contribution in [-0.2, 0) is 0 Å². The van der Waals surface area contributed by atoms with Gasteiger partial charge in [-0.05, 0) is 6.07 Å². The minimum atomic E-state index is -0.597. The molecule has 2 rings (SSSR count). The van der Waals surface area contributed by atoms with Crippen molar-refractivity contribution < 1.29 is 9.13 Å². The standard InChI is InChI=1S/C11H7Cl2FN2O/c12-7-4-10(8(14)5-9(7)15)17-6-1-2-16-11(13)3-6/h1-5H,15H2. The van der Waals surface area contributed by atoms with Gasteiger partial charge in [-0.15, -0.1) is 0 Å². The van der Waals surface area contributed by atoms with Gasteiger partial charge >= 0.3 is 0 Å². The molecule has 88 valence electrons. The lowest BCUT2D eigenvalue weighted by Gasteiger charge is -2.08. The molecule has 0 amide bonds. The zero-order valence-electron chi connectivity index (χ0n) is 8.45. The molecule has 0 atom stereocenters. The average molecular weight is 273 g/mol. The fourth-order valence-electron chi connectivity index (χ4n) is 1.20. The summed E-state index contributed by atoms with van der Waals surface area (Å²) in [6, 6.07) is 5.42. The number of anilines is 1. The number of aromatic nitrogens is 1. The molecule has 2 aromatic rings. The fourth-order valence-corrected chi connectivity index (χ4v) is 1.51. The third-order valence-electron chi connectivity index (χ3n) is 1.98. The number of pyridine rings is 1. The van der Waals surface area contributed by atoms with Crippen molar-refractivity contribution in [2.45, 2.75) is 0 Å². The molecular formula is C11H7Cl2FN2O. The van der Waals surface area contributed by atoms with Crippen LogP contribution in [0.5, 0.6) is 11.5 Å². The normalized spacial score (nSPS) is 10.3. The molecule has 0 radical (unpaired) electrons. The van der Waals surface area contributed by atoms with Crippen LogP contribution in [0.3, 0.4) is 0 Å². The average Bonchev–Trinajstić information content (AvgIpc) is 2.26. The molecule has 17 heavy (non-hydrogen) atoms. The maximum absolute atomic E-state index is 13.5. The summed E-state index contributed by atoms with van der Waals surface area (Å²) in [6.07, 6.45) is 1.45. The van der Waals surface area contributed by atoms with Crippen molar-refractivity contribution in [3.05, 3.63) is 46.5 Å². The van der Waals surface area contributed by atoms with Crippen LogP contribution in [0.2, 0.25) is 10.2 Å². The Hall–Kier alpha value is -1.52. The van der Waals surface area contributed by atoms with Crippen LogP contribution < -0.4 is 10.5 Å². The molecule has 0 fully saturated rings. The number of hydrogen-bond acceptors (Lipinski definition) is 3. The number of nitrogen functional groups attached to an aromatic ring is 1. The fraction of sp³-hybridized carbons (Fsp3) is 0. The third kappa shape index (κ3) is 2.78. The Morgan fingerprint density at radius 3 is 2.71 bits per heavy atom. The van der Waals surface area contributed by atoms with Crippen LogP contribution in [0.4, 0.5) is 10.1 Å². The SMILES string of the molecule is Nc1cc(F)c(Oc2ccnc(Cl)c2)cc1Cl. The van der Waals surface area contributed by atoms with E-state index in [0.717, 1.165) is 6.07 Å². The molecule has 0 unspecified atom stereocenters. The van der Waals surface area contributed by atoms with Crippen molar-refractivity contribution in [2.24, 2.45) is 0 Å². The summed E-state index contributed by atoms with van der Waals surface area (Å²) in [7, 11) is 0. The first-order valence-corrected chi connectivity index (χ1v) is 5.36. The van der Waals surface area contributed by atoms with Gasteiger partial charge in [0.1, 0.15) is 10.9 Å². The molecule has 0 spiro atoms. The number of halogens is 3. The first-order valence-electron chi connectivity index (χ1n) is 4.60. The molecule has 0 saturated heterocycles. The predicted molar refractivity (Wildman–Crippen MR) is 65.1 cm³/mol. The van der Waals surface area contributed by atoms with Gasteiger partial charge in [0, 0.05) is 24.4 Å². The zero-order valence-corrected chi connectivity index (χ0v) is 9.97. The monoisotopic (exact) mass is 272 g/mol. The summed E-state index contributed by atoms with van der Waals surface area (Å²) < 4.78 is 18.8. The lowest BCUT2D eigenvalue weighted by atomic mass is 10.3. The topological polar surface area (TPSA) is 48.1 Å². The third-order valence-corrected chi connectivity index (χ3v) is 2.51. The molecule has 0 bridgehead atoms. The molecule has 1 aromatic carbocycles. The first-order chi connectivity index (χ1) is 8.06. The Labute approximate surface area is 107 Å². The summed E-state index contributed by atoms with van der Waals surface area (Å²) in [5.41, 5.74) is 5.61. The number of nitrogens with two attached hydrogens (primary N) is 1. The lowest BCUT2D eigenvalue weighted by molar-refractivity contribution is 0.442. The van der Waals surface area contributed by atoms with Crippen molar-refractivity contribution in [1.82, 2.24) is 4.98 Å². The van der Waals surface area contributed by atoms with Crippen molar-refractivity contribution in [3.63, 3.8) is 0 Å². The van der Waals surface area contributed by atoms with Crippen molar-refractivity contribution in [2.75, 3.05) is 5.73 Å². The highest BCUT2D eigenvalue weighted by Gasteiger charge is 2.09. The highest BCUT2D eigenvalue weighted by atomic mass is 35.5. The van der Waals surface area contributed by atoms with Crippen molar-refractivity contribution in [3.8, 4) is 11.5 Å². The second-order valence-corrected chi connectivity index (χ2v) is 4.01. The van der Waals surface area contributed by atoms with Crippen LogP contribution >= 0.6 is 23.2 Å². The molecule has 1 aromatic heterocycles. The minimum Gasteiger partial charge on any atom is -0.454 e. The Balaban J connectivity index is 2.33. The van der Waals surface area contributed by atoms with Crippen LogP contribution in [0.25, 0.3) is 0 Å². The molecular weight excluding hydrogens is 266 g/mol. The number of ether oxygens (including phenoxy) is 1. The number of hydrogen-bond donors (Lipinski definition) is 1. The van der Waals surface area contributed by atoms with Gasteiger partial charge in [-0.3, -0.25) is 0 Å². The predicted octanol–water partition coefficient (Wildman–Crippen LogP) is 3.90. The van der Waals surface area contributed by atoms with Gasteiger partial charge in [0.25, 0.3) is 0 Å². The number of rotatable bonds is 2. The molecule has 0 aliphatic carbocycles. The van der Waals surface area contributed by atoms with Crippen LogP contribution in [-0.4, -0.2) is 4.98 Å². The van der Waals surface area contributed by atoms with E-state index in [9.17, 15) is 4.39 Å². The van der Waals surface area contributed by atoms with Gasteiger partial charge < -0.3 is 10.5 Å². The summed E-state index contributed by atoms with van der Waals surface area (Å²) in [6.45, 7) is 0. The van der Waals surface area contributed by atoms with E-state index in [1.807, 2.05) is 0 Å². The maximum Gasteiger partial charge on any atom is 0.167 e. The van der Waals surface area contributed by atoms with E-state index in [1.54, 1.807) is 6.07 Å². The summed E-state index contributed by atoms with van der Waals surface area (Å²) >= 11 is 11.4. The maximum atomic E-state index is 13.5. The van der Waals surface area contributed by atoms with Gasteiger partial charge in [-0.1, -0.05) is 23.2 Å². The zero-order chi connectivity index (χ0) is 12.4. The second-order valence-electron chi connectivity index (χ2n) is 3.22. The van der Waals surface area contributed by atoms with E-state index < -0.39 is 5.82 Å². The Kier molecular flexibility index (Phi) is 3.36. The van der Waals surface area contributed by atoms with Crippen molar-refractivity contribution >= 4 is 28.9 Å². The van der Waals surface area contributed by atoms with Crippen LogP contribution in [0.15, 0.2) is 30.5 Å². The van der Waals surface area contributed by atoms with E-state index >= 15 is 0 Å². The lowest BCUT2D eigenvalue weighted by Crippen LogP contribution is -1.93. The second kappa shape index (κ2) is 4.77. The van der Waals surface area contributed by atoms with E-state index in [1.165, 1.54) is 18.3 Å². The number of nitrogens with zero attached hydrogens (tertiary/aromatic N) is 1. The summed E-state index contributed by atoms with van der Waals surface area (Å²) in [5, 5.41) is 0.478. The molecule has 3 nitrogen and oxygen atoms in total. The van der Waals surface area contributed by atoms with Gasteiger partial charge in [0.15, 0.2) is 11.6 Å². The molecule has 0 saturated carbocycles. The first kappa shape index (κ1) is 12.0. The van der Waals surface area contributed by atoms with Gasteiger partial charge in [0.2, 0.25) is 0 Å². The summed E-state index contributed by atoms with van der Waals surface area (Å²) in [5.74, 6) is -0.254. The van der Waals surface area contributed by atoms with E-state index in [0.29, 0.717) is 5.75 Å². The minimum absolute atomic E-state index is 0.0218. The molecule has 1 heterocycles. The summed E-state index contributed by atoms with van der Waals surface area (Å²) in [4.78, 5) is 3.78. The molecule has 0 aliphatic rings. The highest BCUT2D eigenvalue weighted by Crippen LogP contribution is 2.31. The van der Waals surface area contributed by atoms with E-state index in [4.69, 9.17) is 33.7 Å². The van der Waals surface area contributed by atoms with Crippen molar-refractivity contribution in [1.29, 1.82) is 0 Å². The smallest absolute Gasteiger partial charge is 0.167 e. The Morgan fingerprint density at radius 2 is 2.00 bits per heavy atom. The quantitative estimate of drug-likeness (QED) is 0.666. The van der Waals surface area contributed by atoms with E-state index in [2.05, 4.69) is 4.98 Å². The van der Waals surface area contributed by atoms with E-state index in [-0.39, 0.29) is 21.6 Å². The Bertz CT molecular complexity index is 563. The van der Waals surface area contributed by atoms with Gasteiger partial charge in [0.05, 0.1) is 10.7 Å². The molecule has 0 aliphatic heterocycles. The van der Waals surface area contributed by atoms with Gasteiger partial charge in [-0.25, -0.2) is 9.37 Å². The van der Waals surface area contributed by atoms with Crippen LogP contribution in [0, 0.1) is 5.82 Å². The Morgan fingerprint density at radius 1 is 1.24 bits per heavy atom.